The molecule has 0 radical (unpaired) electrons. The van der Waals surface area contributed by atoms with E-state index in [1.165, 1.54) is 5.56 Å². The van der Waals surface area contributed by atoms with Gasteiger partial charge in [-0.25, -0.2) is 0 Å². The van der Waals surface area contributed by atoms with Crippen molar-refractivity contribution in [2.75, 3.05) is 6.61 Å². The number of nitrogens with one attached hydrogen (secondary N) is 2. The number of rotatable bonds is 7. The quantitative estimate of drug-likeness (QED) is 0.749. The summed E-state index contributed by atoms with van der Waals surface area (Å²) in [6.45, 7) is 1.86. The highest BCUT2D eigenvalue weighted by molar-refractivity contribution is 5.82. The number of ether oxygens (including phenoxy) is 1. The summed E-state index contributed by atoms with van der Waals surface area (Å²) in [7, 11) is 0. The lowest BCUT2D eigenvalue weighted by Crippen LogP contribution is -2.43. The molecule has 0 fully saturated rings. The maximum Gasteiger partial charge on any atom is 0.276 e. The Kier molecular flexibility index (Phi) is 7.19. The van der Waals surface area contributed by atoms with Gasteiger partial charge in [-0.2, -0.15) is 5.26 Å². The van der Waals surface area contributed by atoms with Crippen molar-refractivity contribution in [3.05, 3.63) is 65.2 Å². The van der Waals surface area contributed by atoms with Crippen LogP contribution >= 0.6 is 0 Å². The van der Waals surface area contributed by atoms with Gasteiger partial charge < -0.3 is 4.74 Å². The van der Waals surface area contributed by atoms with Crippen molar-refractivity contribution in [3.8, 4) is 11.8 Å². The van der Waals surface area contributed by atoms with Crippen molar-refractivity contribution >= 4 is 11.8 Å². The normalized spacial score (nSPS) is 9.85. The zero-order valence-electron chi connectivity index (χ0n) is 14.6. The van der Waals surface area contributed by atoms with Gasteiger partial charge in [-0.1, -0.05) is 31.2 Å². The highest BCUT2D eigenvalue weighted by atomic mass is 16.5. The highest BCUT2D eigenvalue weighted by Crippen LogP contribution is 2.11. The maximum atomic E-state index is 11.8. The van der Waals surface area contributed by atoms with E-state index < -0.39 is 5.91 Å². The minimum atomic E-state index is -0.463. The first-order valence-corrected chi connectivity index (χ1v) is 8.39. The van der Waals surface area contributed by atoms with E-state index in [1.54, 1.807) is 24.3 Å². The largest absolute Gasteiger partial charge is 0.484 e. The Hall–Kier alpha value is -3.33. The van der Waals surface area contributed by atoms with E-state index in [4.69, 9.17) is 10.00 Å². The van der Waals surface area contributed by atoms with Crippen LogP contribution in [0.25, 0.3) is 0 Å². The van der Waals surface area contributed by atoms with Gasteiger partial charge in [0.05, 0.1) is 11.6 Å². The SMILES string of the molecule is CCc1ccc(CCC(=O)NNC(=O)COc2ccc(C#N)cc2)cc1. The van der Waals surface area contributed by atoms with E-state index in [9.17, 15) is 9.59 Å². The first-order chi connectivity index (χ1) is 12.6. The molecule has 0 bridgehead atoms. The van der Waals surface area contributed by atoms with Gasteiger partial charge in [0, 0.05) is 6.42 Å². The topological polar surface area (TPSA) is 91.2 Å². The summed E-state index contributed by atoms with van der Waals surface area (Å²) < 4.78 is 5.28. The summed E-state index contributed by atoms with van der Waals surface area (Å²) in [5, 5.41) is 8.71. The predicted molar refractivity (Wildman–Crippen MR) is 97.1 cm³/mol. The van der Waals surface area contributed by atoms with Crippen molar-refractivity contribution in [2.45, 2.75) is 26.2 Å². The first-order valence-electron chi connectivity index (χ1n) is 8.39. The lowest BCUT2D eigenvalue weighted by atomic mass is 10.1. The maximum absolute atomic E-state index is 11.8. The Morgan fingerprint density at radius 2 is 1.58 bits per heavy atom. The van der Waals surface area contributed by atoms with Crippen LogP contribution in [0.1, 0.15) is 30.0 Å². The monoisotopic (exact) mass is 351 g/mol. The van der Waals surface area contributed by atoms with Crippen LogP contribution in [0.5, 0.6) is 5.75 Å². The van der Waals surface area contributed by atoms with Crippen LogP contribution in [0.15, 0.2) is 48.5 Å². The molecule has 6 heteroatoms. The lowest BCUT2D eigenvalue weighted by Gasteiger charge is -2.09. The molecule has 0 heterocycles. The third-order valence-corrected chi connectivity index (χ3v) is 3.77. The summed E-state index contributed by atoms with van der Waals surface area (Å²) in [4.78, 5) is 23.5. The minimum Gasteiger partial charge on any atom is -0.484 e. The molecule has 0 aliphatic rings. The molecule has 0 unspecified atom stereocenters. The molecule has 134 valence electrons. The van der Waals surface area contributed by atoms with Crippen molar-refractivity contribution in [1.82, 2.24) is 10.9 Å². The van der Waals surface area contributed by atoms with Gasteiger partial charge in [0.2, 0.25) is 5.91 Å². The summed E-state index contributed by atoms with van der Waals surface area (Å²) >= 11 is 0. The van der Waals surface area contributed by atoms with Crippen molar-refractivity contribution in [2.24, 2.45) is 0 Å². The highest BCUT2D eigenvalue weighted by Gasteiger charge is 2.06. The number of benzene rings is 2. The summed E-state index contributed by atoms with van der Waals surface area (Å²) in [6.07, 6.45) is 1.87. The van der Waals surface area contributed by atoms with Gasteiger partial charge in [-0.3, -0.25) is 20.4 Å². The van der Waals surface area contributed by atoms with E-state index in [2.05, 4.69) is 29.9 Å². The van der Waals surface area contributed by atoms with Crippen LogP contribution in [0.4, 0.5) is 0 Å². The Bertz CT molecular complexity index is 777. The molecular formula is C20H21N3O3. The molecule has 6 nitrogen and oxygen atoms in total. The second kappa shape index (κ2) is 9.84. The number of nitriles is 1. The molecule has 0 saturated carbocycles. The number of hydrogen-bond donors (Lipinski definition) is 2. The summed E-state index contributed by atoms with van der Waals surface area (Å²) in [5.41, 5.74) is 7.53. The number of hydrogen-bond acceptors (Lipinski definition) is 4. The van der Waals surface area contributed by atoms with E-state index in [0.29, 0.717) is 17.7 Å². The van der Waals surface area contributed by atoms with Crippen molar-refractivity contribution < 1.29 is 14.3 Å². The van der Waals surface area contributed by atoms with E-state index in [0.717, 1.165) is 12.0 Å². The molecule has 0 aliphatic carbocycles. The van der Waals surface area contributed by atoms with E-state index in [-0.39, 0.29) is 18.9 Å². The smallest absolute Gasteiger partial charge is 0.276 e. The van der Waals surface area contributed by atoms with Gasteiger partial charge in [-0.15, -0.1) is 0 Å². The van der Waals surface area contributed by atoms with Gasteiger partial charge in [0.25, 0.3) is 5.91 Å². The molecule has 26 heavy (non-hydrogen) atoms. The molecule has 0 saturated heterocycles. The molecule has 0 spiro atoms. The van der Waals surface area contributed by atoms with Gasteiger partial charge in [0.15, 0.2) is 6.61 Å². The van der Waals surface area contributed by atoms with E-state index in [1.807, 2.05) is 18.2 Å². The fraction of sp³-hybridized carbons (Fsp3) is 0.250. The summed E-state index contributed by atoms with van der Waals surface area (Å²) in [6, 6.07) is 16.5. The molecule has 2 aromatic rings. The average molecular weight is 351 g/mol. The Morgan fingerprint density at radius 3 is 2.19 bits per heavy atom. The van der Waals surface area contributed by atoms with Crippen LogP contribution in [0.2, 0.25) is 0 Å². The fourth-order valence-electron chi connectivity index (χ4n) is 2.21. The number of nitrogens with zero attached hydrogens (tertiary/aromatic N) is 1. The Balaban J connectivity index is 1.65. The molecular weight excluding hydrogens is 330 g/mol. The minimum absolute atomic E-state index is 0.231. The van der Waals surface area contributed by atoms with Crippen LogP contribution in [-0.2, 0) is 22.4 Å². The van der Waals surface area contributed by atoms with Crippen LogP contribution < -0.4 is 15.6 Å². The molecule has 0 atom stereocenters. The molecule has 0 aliphatic heterocycles. The van der Waals surface area contributed by atoms with E-state index >= 15 is 0 Å². The number of aryl methyl sites for hydroxylation is 2. The number of carbonyl (C=O) groups is 2. The van der Waals surface area contributed by atoms with Crippen LogP contribution in [-0.4, -0.2) is 18.4 Å². The fourth-order valence-corrected chi connectivity index (χ4v) is 2.21. The number of carbonyl (C=O) groups excluding carboxylic acids is 2. The third kappa shape index (κ3) is 6.29. The van der Waals surface area contributed by atoms with Gasteiger partial charge in [0.1, 0.15) is 5.75 Å². The number of hydrazine groups is 1. The third-order valence-electron chi connectivity index (χ3n) is 3.77. The number of amides is 2. The molecule has 2 amide bonds. The lowest BCUT2D eigenvalue weighted by molar-refractivity contribution is -0.130. The zero-order chi connectivity index (χ0) is 18.8. The van der Waals surface area contributed by atoms with Crippen LogP contribution in [0.3, 0.4) is 0 Å². The Morgan fingerprint density at radius 1 is 0.962 bits per heavy atom. The van der Waals surface area contributed by atoms with Gasteiger partial charge in [-0.05, 0) is 48.2 Å². The van der Waals surface area contributed by atoms with Gasteiger partial charge >= 0.3 is 0 Å². The predicted octanol–water partition coefficient (Wildman–Crippen LogP) is 2.28. The second-order valence-corrected chi connectivity index (χ2v) is 5.69. The summed E-state index contributed by atoms with van der Waals surface area (Å²) in [5.74, 6) is -0.257. The van der Waals surface area contributed by atoms with Crippen LogP contribution in [0, 0.1) is 11.3 Å². The standard InChI is InChI=1S/C20H21N3O3/c1-2-15-3-5-16(6-4-15)9-12-19(24)22-23-20(25)14-26-18-10-7-17(13-21)8-11-18/h3-8,10-11H,2,9,12,14H2,1H3,(H,22,24)(H,23,25). The molecule has 2 rings (SSSR count). The zero-order valence-corrected chi connectivity index (χ0v) is 14.6. The molecule has 2 aromatic carbocycles. The van der Waals surface area contributed by atoms with Crippen molar-refractivity contribution in [3.63, 3.8) is 0 Å². The molecule has 2 N–H and O–H groups in total. The van der Waals surface area contributed by atoms with Crippen molar-refractivity contribution in [1.29, 1.82) is 5.26 Å². The molecule has 0 aromatic heterocycles. The Labute approximate surface area is 152 Å². The first kappa shape index (κ1) is 19.0. The second-order valence-electron chi connectivity index (χ2n) is 5.69. The average Bonchev–Trinajstić information content (AvgIpc) is 2.69.